The summed E-state index contributed by atoms with van der Waals surface area (Å²) in [7, 11) is 0. The molecular weight excluding hydrogens is 470 g/mol. The van der Waals surface area contributed by atoms with E-state index in [4.69, 9.17) is 0 Å². The SMILES string of the molecule is CC(C)(C)c1ccc(C(CO)N(CCO)C(CO)c2ccc(C(C)(C)C)cc2C(C)(C)C)c(C(C)(C)C)c1. The van der Waals surface area contributed by atoms with Gasteiger partial charge in [0.25, 0.3) is 0 Å². The van der Waals surface area contributed by atoms with Gasteiger partial charge in [0.05, 0.1) is 31.9 Å². The second-order valence-corrected chi connectivity index (χ2v) is 15.0. The summed E-state index contributed by atoms with van der Waals surface area (Å²) in [6.07, 6.45) is 0. The van der Waals surface area contributed by atoms with Gasteiger partial charge in [0.2, 0.25) is 0 Å². The number of aliphatic hydroxyl groups excluding tert-OH is 3. The Balaban J connectivity index is 2.79. The highest BCUT2D eigenvalue weighted by Gasteiger charge is 2.35. The van der Waals surface area contributed by atoms with Gasteiger partial charge < -0.3 is 15.3 Å². The Labute approximate surface area is 233 Å². The summed E-state index contributed by atoms with van der Waals surface area (Å²) < 4.78 is 0. The van der Waals surface area contributed by atoms with Crippen LogP contribution >= 0.6 is 0 Å². The predicted octanol–water partition coefficient (Wildman–Crippen LogP) is 6.94. The molecule has 2 unspecified atom stereocenters. The third kappa shape index (κ3) is 7.47. The van der Waals surface area contributed by atoms with Crippen molar-refractivity contribution in [3.63, 3.8) is 0 Å². The zero-order chi connectivity index (χ0) is 29.3. The van der Waals surface area contributed by atoms with E-state index >= 15 is 0 Å². The second-order valence-electron chi connectivity index (χ2n) is 15.0. The molecule has 0 radical (unpaired) electrons. The Kier molecular flexibility index (Phi) is 10.1. The summed E-state index contributed by atoms with van der Waals surface area (Å²) >= 11 is 0. The van der Waals surface area contributed by atoms with Gasteiger partial charge in [0.15, 0.2) is 0 Å². The van der Waals surface area contributed by atoms with Crippen LogP contribution in [0.2, 0.25) is 0 Å². The fraction of sp³-hybridized carbons (Fsp3) is 0.647. The van der Waals surface area contributed by atoms with E-state index in [2.05, 4.69) is 124 Å². The fourth-order valence-electron chi connectivity index (χ4n) is 5.33. The second kappa shape index (κ2) is 11.8. The van der Waals surface area contributed by atoms with Crippen molar-refractivity contribution in [2.24, 2.45) is 0 Å². The molecule has 0 aliphatic heterocycles. The highest BCUT2D eigenvalue weighted by molar-refractivity contribution is 5.43. The van der Waals surface area contributed by atoms with Crippen LogP contribution in [0.5, 0.6) is 0 Å². The molecule has 2 rings (SSSR count). The lowest BCUT2D eigenvalue weighted by molar-refractivity contribution is 0.0356. The maximum atomic E-state index is 10.9. The monoisotopic (exact) mass is 525 g/mol. The zero-order valence-electron chi connectivity index (χ0n) is 26.2. The van der Waals surface area contributed by atoms with E-state index in [1.165, 1.54) is 22.3 Å². The summed E-state index contributed by atoms with van der Waals surface area (Å²) in [5.41, 5.74) is 6.68. The van der Waals surface area contributed by atoms with Crippen molar-refractivity contribution in [1.82, 2.24) is 4.90 Å². The number of hydrogen-bond donors (Lipinski definition) is 3. The van der Waals surface area contributed by atoms with Crippen molar-refractivity contribution >= 4 is 0 Å². The topological polar surface area (TPSA) is 63.9 Å². The number of benzene rings is 2. The number of hydrogen-bond acceptors (Lipinski definition) is 4. The molecule has 2 aromatic carbocycles. The first-order valence-corrected chi connectivity index (χ1v) is 14.2. The molecule has 4 heteroatoms. The molecule has 0 aliphatic carbocycles. The molecule has 0 fully saturated rings. The van der Waals surface area contributed by atoms with Crippen LogP contribution in [0.1, 0.15) is 129 Å². The Bertz CT molecular complexity index is 978. The lowest BCUT2D eigenvalue weighted by atomic mass is 9.76. The van der Waals surface area contributed by atoms with Gasteiger partial charge in [-0.25, -0.2) is 0 Å². The van der Waals surface area contributed by atoms with E-state index in [0.717, 1.165) is 11.1 Å². The average Bonchev–Trinajstić information content (AvgIpc) is 2.77. The van der Waals surface area contributed by atoms with Crippen molar-refractivity contribution in [3.05, 3.63) is 69.8 Å². The lowest BCUT2D eigenvalue weighted by Crippen LogP contribution is -2.40. The van der Waals surface area contributed by atoms with Crippen LogP contribution in [0.15, 0.2) is 36.4 Å². The standard InChI is InChI=1S/C34H55NO3/c1-31(2,3)23-13-15-25(27(19-23)33(7,8)9)29(21-37)35(17-18-36)30(22-38)26-16-14-24(32(4,5)6)20-28(26)34(10,11)12/h13-16,19-20,29-30,36-38H,17-18,21-22H2,1-12H3. The predicted molar refractivity (Wildman–Crippen MR) is 161 cm³/mol. The maximum absolute atomic E-state index is 10.9. The molecule has 2 atom stereocenters. The minimum Gasteiger partial charge on any atom is -0.395 e. The molecule has 2 aromatic rings. The molecule has 38 heavy (non-hydrogen) atoms. The summed E-state index contributed by atoms with van der Waals surface area (Å²) in [4.78, 5) is 2.10. The molecule has 0 amide bonds. The Hall–Kier alpha value is -1.72. The van der Waals surface area contributed by atoms with Crippen molar-refractivity contribution < 1.29 is 15.3 Å². The Morgan fingerprint density at radius 1 is 0.553 bits per heavy atom. The largest absolute Gasteiger partial charge is 0.395 e. The van der Waals surface area contributed by atoms with Gasteiger partial charge in [0.1, 0.15) is 0 Å². The first-order chi connectivity index (χ1) is 17.3. The number of aliphatic hydroxyl groups is 3. The van der Waals surface area contributed by atoms with Gasteiger partial charge in [-0.15, -0.1) is 0 Å². The van der Waals surface area contributed by atoms with Crippen molar-refractivity contribution in [2.45, 2.75) is 117 Å². The van der Waals surface area contributed by atoms with Crippen LogP contribution in [-0.4, -0.2) is 46.6 Å². The maximum Gasteiger partial charge on any atom is 0.0628 e. The minimum absolute atomic E-state index is 0.00205. The van der Waals surface area contributed by atoms with Gasteiger partial charge in [-0.05, 0) is 55.0 Å². The van der Waals surface area contributed by atoms with Crippen molar-refractivity contribution in [3.8, 4) is 0 Å². The molecule has 4 nitrogen and oxygen atoms in total. The van der Waals surface area contributed by atoms with Crippen molar-refractivity contribution in [2.75, 3.05) is 26.4 Å². The molecule has 0 saturated heterocycles. The van der Waals surface area contributed by atoms with Gasteiger partial charge in [-0.1, -0.05) is 119 Å². The Morgan fingerprint density at radius 2 is 0.895 bits per heavy atom. The van der Waals surface area contributed by atoms with E-state index in [1.807, 2.05) is 0 Å². The summed E-state index contributed by atoms with van der Waals surface area (Å²) in [6.45, 7) is 26.6. The third-order valence-corrected chi connectivity index (χ3v) is 7.68. The molecule has 0 aliphatic rings. The molecule has 0 aromatic heterocycles. The molecule has 0 bridgehead atoms. The van der Waals surface area contributed by atoms with Crippen LogP contribution in [0, 0.1) is 0 Å². The quantitative estimate of drug-likeness (QED) is 0.349. The van der Waals surface area contributed by atoms with Crippen molar-refractivity contribution in [1.29, 1.82) is 0 Å². The van der Waals surface area contributed by atoms with E-state index in [1.54, 1.807) is 0 Å². The normalized spacial score (nSPS) is 15.2. The Morgan fingerprint density at radius 3 is 1.13 bits per heavy atom. The van der Waals surface area contributed by atoms with E-state index in [9.17, 15) is 15.3 Å². The summed E-state index contributed by atoms with van der Waals surface area (Å²) in [6, 6.07) is 12.4. The smallest absolute Gasteiger partial charge is 0.0628 e. The number of nitrogens with zero attached hydrogens (tertiary/aromatic N) is 1. The first kappa shape index (κ1) is 32.5. The van der Waals surface area contributed by atoms with Crippen LogP contribution in [0.3, 0.4) is 0 Å². The van der Waals surface area contributed by atoms with E-state index < -0.39 is 0 Å². The summed E-state index contributed by atoms with van der Waals surface area (Å²) in [5.74, 6) is 0. The van der Waals surface area contributed by atoms with Crippen LogP contribution in [-0.2, 0) is 21.7 Å². The van der Waals surface area contributed by atoms with Crippen LogP contribution in [0.4, 0.5) is 0 Å². The van der Waals surface area contributed by atoms with Gasteiger partial charge >= 0.3 is 0 Å². The van der Waals surface area contributed by atoms with Crippen LogP contribution in [0.25, 0.3) is 0 Å². The molecule has 3 N–H and O–H groups in total. The zero-order valence-corrected chi connectivity index (χ0v) is 26.2. The highest BCUT2D eigenvalue weighted by atomic mass is 16.3. The molecule has 214 valence electrons. The molecule has 0 heterocycles. The first-order valence-electron chi connectivity index (χ1n) is 14.2. The molecule has 0 saturated carbocycles. The van der Waals surface area contributed by atoms with E-state index in [0.29, 0.717) is 6.54 Å². The molecule has 0 spiro atoms. The third-order valence-electron chi connectivity index (χ3n) is 7.68. The lowest BCUT2D eigenvalue weighted by Gasteiger charge is -2.41. The van der Waals surface area contributed by atoms with Gasteiger partial charge in [0, 0.05) is 6.54 Å². The number of rotatable bonds is 8. The molecular formula is C34H55NO3. The van der Waals surface area contributed by atoms with Gasteiger partial charge in [-0.3, -0.25) is 4.90 Å². The fourth-order valence-corrected chi connectivity index (χ4v) is 5.33. The average molecular weight is 526 g/mol. The summed E-state index contributed by atoms with van der Waals surface area (Å²) in [5, 5.41) is 31.9. The highest BCUT2D eigenvalue weighted by Crippen LogP contribution is 2.41. The van der Waals surface area contributed by atoms with Crippen LogP contribution < -0.4 is 0 Å². The van der Waals surface area contributed by atoms with E-state index in [-0.39, 0.29) is 53.6 Å². The van der Waals surface area contributed by atoms with Gasteiger partial charge in [-0.2, -0.15) is 0 Å². The minimum atomic E-state index is -0.377.